The molecule has 6 heteroatoms. The van der Waals surface area contributed by atoms with E-state index >= 15 is 0 Å². The zero-order valence-electron chi connectivity index (χ0n) is 11.8. The SMILES string of the molecule is CO[13c]1[13cH][13cH][13c]([13C@@H](OC(C)=O)[C@H](C)OC(C)=O)[13cH][13c]1Cl. The van der Waals surface area contributed by atoms with Crippen molar-refractivity contribution in [2.75, 3.05) is 7.11 Å². The van der Waals surface area contributed by atoms with Crippen LogP contribution >= 0.6 is 11.6 Å². The maximum absolute atomic E-state index is 11.2. The average molecular weight is 308 g/mol. The van der Waals surface area contributed by atoms with Crippen LogP contribution in [0, 0.1) is 0 Å². The van der Waals surface area contributed by atoms with Crippen molar-refractivity contribution in [1.29, 1.82) is 0 Å². The van der Waals surface area contributed by atoms with E-state index in [1.54, 1.807) is 25.1 Å². The number of methoxy groups -OCH3 is 1. The first-order valence-electron chi connectivity index (χ1n) is 6.03. The molecule has 0 unspecified atom stereocenters. The second-order valence-electron chi connectivity index (χ2n) is 4.24. The lowest BCUT2D eigenvalue weighted by Gasteiger charge is -2.24. The summed E-state index contributed by atoms with van der Waals surface area (Å²) >= 11 is 6.05. The van der Waals surface area contributed by atoms with Gasteiger partial charge in [0.1, 0.15) is 11.9 Å². The number of halogens is 1. The van der Waals surface area contributed by atoms with Gasteiger partial charge in [-0.2, -0.15) is 0 Å². The maximum atomic E-state index is 11.2. The van der Waals surface area contributed by atoms with Gasteiger partial charge in [0.25, 0.3) is 0 Å². The zero-order chi connectivity index (χ0) is 15.3. The molecule has 110 valence electrons. The largest absolute Gasteiger partial charge is 0.495 e. The number of benzene rings is 1. The van der Waals surface area contributed by atoms with Crippen LogP contribution in [0.2, 0.25) is 5.02 Å². The lowest BCUT2D eigenvalue weighted by molar-refractivity contribution is -0.164. The van der Waals surface area contributed by atoms with Crippen molar-refractivity contribution in [2.24, 2.45) is 0 Å². The summed E-state index contributed by atoms with van der Waals surface area (Å²) in [6.07, 6.45) is -1.35. The average Bonchev–Trinajstić information content (AvgIpc) is 2.34. The summed E-state index contributed by atoms with van der Waals surface area (Å²) in [5, 5.41) is 0.386. The summed E-state index contributed by atoms with van der Waals surface area (Å²) in [7, 11) is 1.51. The van der Waals surface area contributed by atoms with Crippen LogP contribution in [-0.2, 0) is 19.1 Å². The summed E-state index contributed by atoms with van der Waals surface area (Å²) in [5.41, 5.74) is 0.625. The second-order valence-corrected chi connectivity index (χ2v) is 4.65. The van der Waals surface area contributed by atoms with Gasteiger partial charge in [0.2, 0.25) is 0 Å². The molecule has 0 aliphatic heterocycles. The van der Waals surface area contributed by atoms with Crippen LogP contribution in [0.1, 0.15) is 32.4 Å². The van der Waals surface area contributed by atoms with E-state index in [2.05, 4.69) is 0 Å². The van der Waals surface area contributed by atoms with Crippen molar-refractivity contribution in [3.63, 3.8) is 0 Å². The number of hydrogen-bond donors (Lipinski definition) is 0. The lowest BCUT2D eigenvalue weighted by Crippen LogP contribution is -2.25. The lowest BCUT2D eigenvalue weighted by atomic mass is 10.5. The number of hydrogen-bond acceptors (Lipinski definition) is 5. The highest BCUT2D eigenvalue weighted by Gasteiger charge is 2.25. The van der Waals surface area contributed by atoms with Crippen molar-refractivity contribution in [2.45, 2.75) is 33.0 Å². The van der Waals surface area contributed by atoms with E-state index in [4.69, 9.17) is 25.8 Å². The monoisotopic (exact) mass is 307 g/mol. The van der Waals surface area contributed by atoms with Gasteiger partial charge in [0.05, 0.1) is 12.1 Å². The molecule has 0 saturated heterocycles. The Labute approximate surface area is 122 Å². The number of carbonyl (C=O) groups is 2. The van der Waals surface area contributed by atoms with Gasteiger partial charge in [-0.1, -0.05) is 17.7 Å². The Morgan fingerprint density at radius 2 is 1.75 bits per heavy atom. The van der Waals surface area contributed by atoms with Crippen LogP contribution in [0.4, 0.5) is 0 Å². The van der Waals surface area contributed by atoms with E-state index in [9.17, 15) is 9.59 Å². The first-order chi connectivity index (χ1) is 9.35. The Morgan fingerprint density at radius 1 is 1.15 bits per heavy atom. The Morgan fingerprint density at radius 3 is 2.20 bits per heavy atom. The van der Waals surface area contributed by atoms with Crippen LogP contribution in [0.25, 0.3) is 0 Å². The Bertz CT molecular complexity index is 500. The van der Waals surface area contributed by atoms with Crippen LogP contribution < -0.4 is 4.74 Å². The molecule has 0 amide bonds. The molecule has 0 radical (unpaired) electrons. The predicted molar refractivity (Wildman–Crippen MR) is 73.7 cm³/mol. The third-order valence-electron chi connectivity index (χ3n) is 2.58. The number of rotatable bonds is 5. The first-order valence-corrected chi connectivity index (χ1v) is 6.40. The summed E-state index contributed by atoms with van der Waals surface area (Å²) in [6, 6.07) is 4.99. The maximum Gasteiger partial charge on any atom is 0.303 e. The highest BCUT2D eigenvalue weighted by Crippen LogP contribution is 2.31. The van der Waals surface area contributed by atoms with Gasteiger partial charge >= 0.3 is 11.9 Å². The third kappa shape index (κ3) is 4.42. The topological polar surface area (TPSA) is 61.8 Å². The van der Waals surface area contributed by atoms with Gasteiger partial charge < -0.3 is 14.2 Å². The van der Waals surface area contributed by atoms with Crippen LogP contribution in [-0.4, -0.2) is 25.2 Å². The molecule has 0 fully saturated rings. The summed E-state index contributed by atoms with van der Waals surface area (Å²) in [6.45, 7) is 4.23. The molecule has 0 N–H and O–H groups in total. The Kier molecular flexibility index (Phi) is 5.82. The van der Waals surface area contributed by atoms with E-state index in [1.165, 1.54) is 21.0 Å². The molecule has 5 nitrogen and oxygen atoms in total. The van der Waals surface area contributed by atoms with Crippen LogP contribution in [0.3, 0.4) is 0 Å². The second kappa shape index (κ2) is 7.14. The molecule has 0 spiro atoms. The van der Waals surface area contributed by atoms with Gasteiger partial charge in [-0.3, -0.25) is 9.59 Å². The molecule has 0 aliphatic rings. The van der Waals surface area contributed by atoms with Gasteiger partial charge in [0, 0.05) is 13.8 Å². The van der Waals surface area contributed by atoms with Crippen LogP contribution in [0.15, 0.2) is 18.2 Å². The minimum Gasteiger partial charge on any atom is -0.495 e. The smallest absolute Gasteiger partial charge is 0.303 e. The summed E-state index contributed by atoms with van der Waals surface area (Å²) < 4.78 is 15.3. The van der Waals surface area contributed by atoms with Crippen LogP contribution in [0.5, 0.6) is 5.75 Å². The number of carbonyl (C=O) groups excluding carboxylic acids is 2. The number of ether oxygens (including phenoxy) is 3. The predicted octanol–water partition coefficient (Wildman–Crippen LogP) is 2.90. The van der Waals surface area contributed by atoms with E-state index in [-0.39, 0.29) is 0 Å². The molecule has 1 rings (SSSR count). The molecule has 20 heavy (non-hydrogen) atoms. The molecule has 0 aliphatic carbocycles. The molecule has 0 aromatic heterocycles. The third-order valence-corrected chi connectivity index (χ3v) is 2.87. The van der Waals surface area contributed by atoms with Crippen molar-refractivity contribution in [1.82, 2.24) is 0 Å². The van der Waals surface area contributed by atoms with Crippen molar-refractivity contribution in [3.8, 4) is 5.75 Å². The molecule has 1 aromatic carbocycles. The van der Waals surface area contributed by atoms with Gasteiger partial charge in [-0.05, 0) is 24.6 Å². The zero-order valence-corrected chi connectivity index (χ0v) is 12.6. The molecular weight excluding hydrogens is 291 g/mol. The van der Waals surface area contributed by atoms with Crippen molar-refractivity contribution >= 4 is 23.5 Å². The molecule has 0 bridgehead atoms. The molecule has 1 aromatic rings. The van der Waals surface area contributed by atoms with E-state index < -0.39 is 24.1 Å². The fourth-order valence-corrected chi connectivity index (χ4v) is 2.06. The van der Waals surface area contributed by atoms with Crippen molar-refractivity contribution in [3.05, 3.63) is 28.8 Å². The molecule has 0 saturated carbocycles. The standard InChI is InChI=1S/C14H17ClO5/c1-8(19-9(2)16)14(20-10(3)17)11-5-6-13(18-4)12(15)7-11/h5-8,14H,1-4H3/t8-,14-/m0/s1/i5+1,6+1,7+1,11+1,12+1,13+1,14+1. The fraction of sp³-hybridized carbons (Fsp3) is 0.429. The first kappa shape index (κ1) is 16.3. The van der Waals surface area contributed by atoms with Gasteiger partial charge in [-0.25, -0.2) is 0 Å². The van der Waals surface area contributed by atoms with Gasteiger partial charge in [0.15, 0.2) is 6.10 Å². The highest BCUT2D eigenvalue weighted by molar-refractivity contribution is 6.32. The van der Waals surface area contributed by atoms with E-state index in [0.717, 1.165) is 0 Å². The van der Waals surface area contributed by atoms with Crippen molar-refractivity contribution < 1.29 is 23.8 Å². The molecule has 2 atom stereocenters. The summed E-state index contributed by atoms with van der Waals surface area (Å²) in [4.78, 5) is 22.2. The minimum atomic E-state index is -0.722. The van der Waals surface area contributed by atoms with Gasteiger partial charge in [-0.15, -0.1) is 0 Å². The number of esters is 2. The Hall–Kier alpha value is -1.75. The Balaban J connectivity index is 3.06. The fourth-order valence-electron chi connectivity index (χ4n) is 1.80. The van der Waals surface area contributed by atoms with E-state index in [1.807, 2.05) is 0 Å². The molecule has 0 heterocycles. The molecular formula is C14H17ClO5. The summed E-state index contributed by atoms with van der Waals surface area (Å²) in [5.74, 6) is -0.410. The quantitative estimate of drug-likeness (QED) is 0.618. The minimum absolute atomic E-state index is 0.386. The highest BCUT2D eigenvalue weighted by atomic mass is 35.5. The normalized spacial score (nSPS) is 13.2. The van der Waals surface area contributed by atoms with E-state index in [0.29, 0.717) is 16.3 Å².